The first kappa shape index (κ1) is 18.9. The molecule has 1 aliphatic rings. The fraction of sp³-hybridized carbons (Fsp3) is 0.200. The van der Waals surface area contributed by atoms with Gasteiger partial charge >= 0.3 is 0 Å². The molecule has 5 heteroatoms. The minimum absolute atomic E-state index is 0.118. The highest BCUT2D eigenvalue weighted by Gasteiger charge is 2.29. The topological polar surface area (TPSA) is 45.8 Å². The summed E-state index contributed by atoms with van der Waals surface area (Å²) in [5.74, 6) is 1.24. The van der Waals surface area contributed by atoms with E-state index in [-0.39, 0.29) is 5.91 Å². The van der Waals surface area contributed by atoms with Crippen LogP contribution >= 0.6 is 11.8 Å². The van der Waals surface area contributed by atoms with Crippen LogP contribution in [0, 0.1) is 13.8 Å². The number of aryl methyl sites for hydroxylation is 2. The Hall–Kier alpha value is -3.05. The van der Waals surface area contributed by atoms with Crippen LogP contribution in [0.1, 0.15) is 28.1 Å². The fourth-order valence-electron chi connectivity index (χ4n) is 3.91. The molecule has 150 valence electrons. The normalized spacial score (nSPS) is 15.9. The molecule has 0 unspecified atom stereocenters. The number of aliphatic imine (C=N–C) groups is 1. The molecule has 3 aromatic carbocycles. The average Bonchev–Trinajstić information content (AvgIpc) is 3.12. The number of amidine groups is 1. The minimum Gasteiger partial charge on any atom is -0.450 e. The Bertz CT molecular complexity index is 1310. The zero-order chi connectivity index (χ0) is 20.7. The van der Waals surface area contributed by atoms with E-state index >= 15 is 0 Å². The van der Waals surface area contributed by atoms with Crippen LogP contribution in [0.3, 0.4) is 0 Å². The highest BCUT2D eigenvalue weighted by Crippen LogP contribution is 2.33. The van der Waals surface area contributed by atoms with Crippen LogP contribution in [0.2, 0.25) is 0 Å². The van der Waals surface area contributed by atoms with Crippen LogP contribution in [0.15, 0.2) is 70.1 Å². The fourth-order valence-corrected chi connectivity index (χ4v) is 4.86. The van der Waals surface area contributed by atoms with Gasteiger partial charge in [0.25, 0.3) is 5.91 Å². The molecule has 1 saturated heterocycles. The second-order valence-corrected chi connectivity index (χ2v) is 8.62. The van der Waals surface area contributed by atoms with Gasteiger partial charge in [0.05, 0.1) is 5.69 Å². The lowest BCUT2D eigenvalue weighted by atomic mass is 10.1. The SMILES string of the molecule is Cc1ccccc1N=C1SCCCN1C(=O)c1oc2c(ccc3ccccc32)c1C. The van der Waals surface area contributed by atoms with Gasteiger partial charge in [0.15, 0.2) is 10.9 Å². The van der Waals surface area contributed by atoms with Gasteiger partial charge in [0.2, 0.25) is 0 Å². The summed E-state index contributed by atoms with van der Waals surface area (Å²) in [6.07, 6.45) is 0.936. The molecule has 0 saturated carbocycles. The van der Waals surface area contributed by atoms with Crippen molar-refractivity contribution < 1.29 is 9.21 Å². The quantitative estimate of drug-likeness (QED) is 0.378. The van der Waals surface area contributed by atoms with Crippen molar-refractivity contribution in [3.05, 3.63) is 77.6 Å². The first-order valence-electron chi connectivity index (χ1n) is 10.1. The van der Waals surface area contributed by atoms with Crippen LogP contribution < -0.4 is 0 Å². The predicted molar refractivity (Wildman–Crippen MR) is 125 cm³/mol. The van der Waals surface area contributed by atoms with E-state index in [0.29, 0.717) is 12.3 Å². The van der Waals surface area contributed by atoms with E-state index in [9.17, 15) is 4.79 Å². The summed E-state index contributed by atoms with van der Waals surface area (Å²) in [7, 11) is 0. The third-order valence-corrected chi connectivity index (χ3v) is 6.65. The molecular formula is C25H22N2O2S. The van der Waals surface area contributed by atoms with Crippen molar-refractivity contribution in [1.82, 2.24) is 4.90 Å². The maximum Gasteiger partial charge on any atom is 0.295 e. The van der Waals surface area contributed by atoms with Gasteiger partial charge in [-0.25, -0.2) is 4.99 Å². The number of hydrogen-bond acceptors (Lipinski definition) is 4. The van der Waals surface area contributed by atoms with Crippen LogP contribution in [0.25, 0.3) is 21.7 Å². The summed E-state index contributed by atoms with van der Waals surface area (Å²) < 4.78 is 6.19. The standard InChI is InChI=1S/C25H22N2O2S/c1-16-8-3-6-11-21(16)26-25-27(14-7-15-30-25)24(28)22-17(2)19-13-12-18-9-4-5-10-20(18)23(19)29-22/h3-6,8-13H,7,14-15H2,1-2H3. The number of carbonyl (C=O) groups is 1. The van der Waals surface area contributed by atoms with E-state index < -0.39 is 0 Å². The van der Waals surface area contributed by atoms with Gasteiger partial charge in [-0.1, -0.05) is 66.4 Å². The molecule has 1 aliphatic heterocycles. The van der Waals surface area contributed by atoms with Crippen molar-refractivity contribution in [2.45, 2.75) is 20.3 Å². The maximum absolute atomic E-state index is 13.5. The van der Waals surface area contributed by atoms with Crippen LogP contribution in [0.5, 0.6) is 0 Å². The number of thioether (sulfide) groups is 1. The van der Waals surface area contributed by atoms with Gasteiger partial charge in [0.1, 0.15) is 5.58 Å². The van der Waals surface area contributed by atoms with E-state index in [1.54, 1.807) is 16.7 Å². The largest absolute Gasteiger partial charge is 0.450 e. The molecule has 0 spiro atoms. The van der Waals surface area contributed by atoms with Crippen molar-refractivity contribution in [1.29, 1.82) is 0 Å². The van der Waals surface area contributed by atoms with E-state index in [2.05, 4.69) is 12.1 Å². The molecular weight excluding hydrogens is 392 g/mol. The number of amides is 1. The molecule has 30 heavy (non-hydrogen) atoms. The van der Waals surface area contributed by atoms with Crippen LogP contribution in [-0.4, -0.2) is 28.3 Å². The summed E-state index contributed by atoms with van der Waals surface area (Å²) in [6.45, 7) is 4.64. The summed E-state index contributed by atoms with van der Waals surface area (Å²) >= 11 is 1.63. The Kier molecular flexibility index (Phi) is 4.83. The number of fused-ring (bicyclic) bond motifs is 3. The minimum atomic E-state index is -0.118. The summed E-state index contributed by atoms with van der Waals surface area (Å²) in [5, 5.41) is 3.86. The van der Waals surface area contributed by atoms with Gasteiger partial charge < -0.3 is 4.42 Å². The van der Waals surface area contributed by atoms with Gasteiger partial charge in [-0.15, -0.1) is 0 Å². The number of rotatable bonds is 2. The first-order valence-corrected chi connectivity index (χ1v) is 11.1. The van der Waals surface area contributed by atoms with Gasteiger partial charge in [0, 0.05) is 28.6 Å². The Balaban J connectivity index is 1.59. The molecule has 5 rings (SSSR count). The molecule has 0 bridgehead atoms. The number of para-hydroxylation sites is 1. The summed E-state index contributed by atoms with van der Waals surface area (Å²) in [6, 6.07) is 20.2. The van der Waals surface area contributed by atoms with Crippen LogP contribution in [-0.2, 0) is 0 Å². The van der Waals surface area contributed by atoms with E-state index in [1.165, 1.54) is 0 Å². The molecule has 4 aromatic rings. The highest BCUT2D eigenvalue weighted by molar-refractivity contribution is 8.13. The van der Waals surface area contributed by atoms with Crippen molar-refractivity contribution in [3.63, 3.8) is 0 Å². The molecule has 0 aliphatic carbocycles. The third kappa shape index (κ3) is 3.19. The first-order chi connectivity index (χ1) is 14.6. The summed E-state index contributed by atoms with van der Waals surface area (Å²) in [5.41, 5.74) is 3.64. The lowest BCUT2D eigenvalue weighted by Gasteiger charge is -2.27. The second-order valence-electron chi connectivity index (χ2n) is 7.56. The molecule has 0 N–H and O–H groups in total. The lowest BCUT2D eigenvalue weighted by Crippen LogP contribution is -2.39. The van der Waals surface area contributed by atoms with Crippen molar-refractivity contribution in [3.8, 4) is 0 Å². The predicted octanol–water partition coefficient (Wildman–Crippen LogP) is 6.47. The van der Waals surface area contributed by atoms with Gasteiger partial charge in [-0.3, -0.25) is 9.69 Å². The van der Waals surface area contributed by atoms with Gasteiger partial charge in [-0.2, -0.15) is 0 Å². The molecule has 2 heterocycles. The lowest BCUT2D eigenvalue weighted by molar-refractivity contribution is 0.0820. The molecule has 1 amide bonds. The second kappa shape index (κ2) is 7.65. The van der Waals surface area contributed by atoms with E-state index in [4.69, 9.17) is 9.41 Å². The number of hydrogen-bond donors (Lipinski definition) is 0. The van der Waals surface area contributed by atoms with E-state index in [0.717, 1.165) is 55.9 Å². The monoisotopic (exact) mass is 414 g/mol. The Morgan fingerprint density at radius 1 is 1.00 bits per heavy atom. The zero-order valence-electron chi connectivity index (χ0n) is 17.0. The smallest absolute Gasteiger partial charge is 0.295 e. The Labute approximate surface area is 179 Å². The van der Waals surface area contributed by atoms with E-state index in [1.807, 2.05) is 62.4 Å². The highest BCUT2D eigenvalue weighted by atomic mass is 32.2. The Morgan fingerprint density at radius 2 is 1.80 bits per heavy atom. The molecule has 4 nitrogen and oxygen atoms in total. The van der Waals surface area contributed by atoms with Crippen molar-refractivity contribution in [2.75, 3.05) is 12.3 Å². The maximum atomic E-state index is 13.5. The number of furan rings is 1. The number of benzene rings is 3. The summed E-state index contributed by atoms with van der Waals surface area (Å²) in [4.78, 5) is 20.1. The number of nitrogens with zero attached hydrogens (tertiary/aromatic N) is 2. The molecule has 0 radical (unpaired) electrons. The molecule has 0 atom stereocenters. The van der Waals surface area contributed by atoms with Crippen molar-refractivity contribution >= 4 is 50.3 Å². The van der Waals surface area contributed by atoms with Crippen molar-refractivity contribution in [2.24, 2.45) is 4.99 Å². The van der Waals surface area contributed by atoms with Crippen LogP contribution in [0.4, 0.5) is 5.69 Å². The van der Waals surface area contributed by atoms with Gasteiger partial charge in [-0.05, 0) is 37.3 Å². The number of carbonyl (C=O) groups excluding carboxylic acids is 1. The zero-order valence-corrected chi connectivity index (χ0v) is 17.8. The molecule has 1 fully saturated rings. The molecule has 1 aromatic heterocycles. The average molecular weight is 415 g/mol. The third-order valence-electron chi connectivity index (χ3n) is 5.59. The Morgan fingerprint density at radius 3 is 2.67 bits per heavy atom.